The Hall–Kier alpha value is -1.09. The number of fused-ring (bicyclic) bond motifs is 1. The fourth-order valence-electron chi connectivity index (χ4n) is 1.54. The largest absolute Gasteiger partial charge is 0.353 e. The van der Waals surface area contributed by atoms with Crippen LogP contribution >= 0.6 is 0 Å². The van der Waals surface area contributed by atoms with E-state index in [9.17, 15) is 4.79 Å². The predicted molar refractivity (Wildman–Crippen MR) is 49.0 cm³/mol. The van der Waals surface area contributed by atoms with Crippen molar-refractivity contribution >= 4 is 5.91 Å². The fourth-order valence-corrected chi connectivity index (χ4v) is 1.54. The molecule has 13 heavy (non-hydrogen) atoms. The van der Waals surface area contributed by atoms with Crippen molar-refractivity contribution in [2.75, 3.05) is 13.2 Å². The van der Waals surface area contributed by atoms with Gasteiger partial charge in [-0.15, -0.1) is 0 Å². The molecule has 1 atom stereocenters. The van der Waals surface area contributed by atoms with Gasteiger partial charge in [0.2, 0.25) is 5.91 Å². The first-order valence-corrected chi connectivity index (χ1v) is 4.44. The van der Waals surface area contributed by atoms with Crippen LogP contribution in [0.3, 0.4) is 0 Å². The minimum Gasteiger partial charge on any atom is -0.353 e. The van der Waals surface area contributed by atoms with Crippen molar-refractivity contribution in [1.29, 1.82) is 0 Å². The van der Waals surface area contributed by atoms with E-state index in [0.717, 1.165) is 11.1 Å². The fraction of sp³-hybridized carbons (Fsp3) is 0.500. The lowest BCUT2D eigenvalue weighted by Gasteiger charge is -2.37. The van der Waals surface area contributed by atoms with Gasteiger partial charge >= 0.3 is 0 Å². The van der Waals surface area contributed by atoms with Crippen molar-refractivity contribution in [2.45, 2.75) is 19.6 Å². The van der Waals surface area contributed by atoms with Gasteiger partial charge in [0.05, 0.1) is 13.0 Å². The summed E-state index contributed by atoms with van der Waals surface area (Å²) in [7, 11) is 0. The molecule has 0 aliphatic carbocycles. The zero-order chi connectivity index (χ0) is 9.42. The smallest absolute Gasteiger partial charge is 0.229 e. The van der Waals surface area contributed by atoms with E-state index in [1.54, 1.807) is 4.90 Å². The molecule has 0 bridgehead atoms. The van der Waals surface area contributed by atoms with Gasteiger partial charge in [0.15, 0.2) is 0 Å². The van der Waals surface area contributed by atoms with Gasteiger partial charge < -0.3 is 9.64 Å². The highest BCUT2D eigenvalue weighted by molar-refractivity contribution is 5.82. The second-order valence-electron chi connectivity index (χ2n) is 3.53. The van der Waals surface area contributed by atoms with Crippen molar-refractivity contribution < 1.29 is 9.53 Å². The van der Waals surface area contributed by atoms with Crippen LogP contribution in [-0.2, 0) is 9.53 Å². The van der Waals surface area contributed by atoms with Gasteiger partial charge in [-0.05, 0) is 12.5 Å². The lowest BCUT2D eigenvalue weighted by Crippen LogP contribution is -2.53. The van der Waals surface area contributed by atoms with Gasteiger partial charge in [-0.3, -0.25) is 4.79 Å². The molecule has 0 aromatic heterocycles. The van der Waals surface area contributed by atoms with Crippen LogP contribution in [0.5, 0.6) is 0 Å². The SMILES string of the molecule is C=C(C)C1=CCN2C(=O)CC2OC1. The van der Waals surface area contributed by atoms with E-state index in [1.165, 1.54) is 0 Å². The Labute approximate surface area is 77.7 Å². The summed E-state index contributed by atoms with van der Waals surface area (Å²) in [6.07, 6.45) is 2.58. The molecule has 2 aliphatic rings. The first kappa shape index (κ1) is 8.51. The van der Waals surface area contributed by atoms with Gasteiger partial charge in [-0.25, -0.2) is 0 Å². The second-order valence-corrected chi connectivity index (χ2v) is 3.53. The van der Waals surface area contributed by atoms with E-state index in [2.05, 4.69) is 6.58 Å². The number of β-lactam (4-membered cyclic amide) rings is 1. The second kappa shape index (κ2) is 3.00. The first-order chi connectivity index (χ1) is 6.18. The normalized spacial score (nSPS) is 27.2. The van der Waals surface area contributed by atoms with E-state index in [0.29, 0.717) is 19.6 Å². The molecule has 0 saturated carbocycles. The molecule has 0 aromatic rings. The number of carbonyl (C=O) groups is 1. The highest BCUT2D eigenvalue weighted by Gasteiger charge is 2.37. The molecule has 0 radical (unpaired) electrons. The Bertz CT molecular complexity index is 293. The van der Waals surface area contributed by atoms with Crippen LogP contribution in [0.2, 0.25) is 0 Å². The number of rotatable bonds is 1. The molecule has 3 nitrogen and oxygen atoms in total. The molecule has 0 aromatic carbocycles. The summed E-state index contributed by atoms with van der Waals surface area (Å²) in [5, 5.41) is 0. The molecule has 70 valence electrons. The number of amides is 1. The topological polar surface area (TPSA) is 29.5 Å². The van der Waals surface area contributed by atoms with Crippen molar-refractivity contribution in [3.63, 3.8) is 0 Å². The molecule has 1 fully saturated rings. The van der Waals surface area contributed by atoms with Gasteiger partial charge in [0.25, 0.3) is 0 Å². The Balaban J connectivity index is 2.09. The summed E-state index contributed by atoms with van der Waals surface area (Å²) in [5.41, 5.74) is 2.14. The van der Waals surface area contributed by atoms with Gasteiger partial charge in [-0.1, -0.05) is 18.2 Å². The predicted octanol–water partition coefficient (Wildman–Crippen LogP) is 1.08. The van der Waals surface area contributed by atoms with Crippen LogP contribution in [0.25, 0.3) is 0 Å². The minimum atomic E-state index is 0.0144. The summed E-state index contributed by atoms with van der Waals surface area (Å²) in [6.45, 7) is 7.08. The standard InChI is InChI=1S/C10H13NO2/c1-7(2)8-3-4-11-9(12)5-10(11)13-6-8/h3,10H,1,4-6H2,2H3. The zero-order valence-electron chi connectivity index (χ0n) is 7.75. The summed E-state index contributed by atoms with van der Waals surface area (Å²) in [6, 6.07) is 0. The molecular formula is C10H13NO2. The van der Waals surface area contributed by atoms with Crippen LogP contribution in [0.15, 0.2) is 23.8 Å². The third-order valence-corrected chi connectivity index (χ3v) is 2.53. The first-order valence-electron chi connectivity index (χ1n) is 4.44. The third kappa shape index (κ3) is 1.40. The van der Waals surface area contributed by atoms with Crippen molar-refractivity contribution in [3.8, 4) is 0 Å². The highest BCUT2D eigenvalue weighted by atomic mass is 16.5. The lowest BCUT2D eigenvalue weighted by molar-refractivity contribution is -0.169. The maximum atomic E-state index is 11.1. The van der Waals surface area contributed by atoms with E-state index >= 15 is 0 Å². The number of ether oxygens (including phenoxy) is 1. The summed E-state index contributed by atoms with van der Waals surface area (Å²) in [5.74, 6) is 0.184. The molecule has 2 rings (SSSR count). The summed E-state index contributed by atoms with van der Waals surface area (Å²) < 4.78 is 5.52. The van der Waals surface area contributed by atoms with E-state index < -0.39 is 0 Å². The summed E-state index contributed by atoms with van der Waals surface area (Å²) >= 11 is 0. The van der Waals surface area contributed by atoms with Crippen LogP contribution in [0.4, 0.5) is 0 Å². The van der Waals surface area contributed by atoms with E-state index in [-0.39, 0.29) is 12.1 Å². The third-order valence-electron chi connectivity index (χ3n) is 2.53. The lowest BCUT2D eigenvalue weighted by atomic mass is 10.1. The number of hydrogen-bond donors (Lipinski definition) is 0. The quantitative estimate of drug-likeness (QED) is 0.564. The van der Waals surface area contributed by atoms with Gasteiger partial charge in [-0.2, -0.15) is 0 Å². The monoisotopic (exact) mass is 179 g/mol. The van der Waals surface area contributed by atoms with Crippen LogP contribution in [-0.4, -0.2) is 30.2 Å². The molecule has 3 heteroatoms. The number of nitrogens with zero attached hydrogens (tertiary/aromatic N) is 1. The molecule has 1 saturated heterocycles. The molecular weight excluding hydrogens is 166 g/mol. The molecule has 0 spiro atoms. The van der Waals surface area contributed by atoms with Crippen molar-refractivity contribution in [3.05, 3.63) is 23.8 Å². The number of carbonyl (C=O) groups excluding carboxylic acids is 1. The molecule has 1 amide bonds. The van der Waals surface area contributed by atoms with Crippen molar-refractivity contribution in [2.24, 2.45) is 0 Å². The maximum Gasteiger partial charge on any atom is 0.229 e. The average molecular weight is 179 g/mol. The van der Waals surface area contributed by atoms with E-state index in [1.807, 2.05) is 13.0 Å². The van der Waals surface area contributed by atoms with Gasteiger partial charge in [0.1, 0.15) is 6.23 Å². The Morgan fingerprint density at radius 3 is 3.15 bits per heavy atom. The maximum absolute atomic E-state index is 11.1. The van der Waals surface area contributed by atoms with Crippen LogP contribution in [0.1, 0.15) is 13.3 Å². The molecule has 0 N–H and O–H groups in total. The average Bonchev–Trinajstić information content (AvgIpc) is 2.23. The molecule has 2 aliphatic heterocycles. The highest BCUT2D eigenvalue weighted by Crippen LogP contribution is 2.24. The van der Waals surface area contributed by atoms with E-state index in [4.69, 9.17) is 4.74 Å². The summed E-state index contributed by atoms with van der Waals surface area (Å²) in [4.78, 5) is 12.8. The Morgan fingerprint density at radius 1 is 1.77 bits per heavy atom. The van der Waals surface area contributed by atoms with Crippen LogP contribution in [0, 0.1) is 0 Å². The Morgan fingerprint density at radius 2 is 2.54 bits per heavy atom. The Kier molecular flexibility index (Phi) is 1.96. The minimum absolute atomic E-state index is 0.0144. The zero-order valence-corrected chi connectivity index (χ0v) is 7.75. The van der Waals surface area contributed by atoms with Crippen molar-refractivity contribution in [1.82, 2.24) is 4.90 Å². The van der Waals surface area contributed by atoms with Gasteiger partial charge in [0, 0.05) is 6.54 Å². The molecule has 1 unspecified atom stereocenters. The van der Waals surface area contributed by atoms with Crippen LogP contribution < -0.4 is 0 Å². The molecule has 2 heterocycles. The number of hydrogen-bond acceptors (Lipinski definition) is 2.